The van der Waals surface area contributed by atoms with Gasteiger partial charge in [-0.15, -0.1) is 10.2 Å². The largest absolute Gasteiger partial charge is 0.378 e. The number of aromatic nitrogens is 3. The Hall–Kier alpha value is -2.63. The smallest absolute Gasteiger partial charge is 0.253 e. The number of rotatable bonds is 9. The van der Waals surface area contributed by atoms with Crippen LogP contribution in [0, 0.1) is 0 Å². The lowest BCUT2D eigenvalue weighted by atomic mass is 10.1. The van der Waals surface area contributed by atoms with Gasteiger partial charge in [0, 0.05) is 25.7 Å². The van der Waals surface area contributed by atoms with E-state index in [2.05, 4.69) is 30.3 Å². The van der Waals surface area contributed by atoms with Gasteiger partial charge in [-0.2, -0.15) is 0 Å². The van der Waals surface area contributed by atoms with Gasteiger partial charge in [0.15, 0.2) is 5.16 Å². The van der Waals surface area contributed by atoms with E-state index in [-0.39, 0.29) is 29.7 Å². The first-order valence-electron chi connectivity index (χ1n) is 11.9. The Labute approximate surface area is 202 Å². The fraction of sp³-hybridized carbons (Fsp3) is 0.565. The number of para-hydroxylation sites is 1. The number of thioether (sulfide) groups is 1. The van der Waals surface area contributed by atoms with E-state index in [4.69, 9.17) is 9.47 Å². The number of benzene rings is 1. The molecule has 34 heavy (non-hydrogen) atoms. The summed E-state index contributed by atoms with van der Waals surface area (Å²) in [6, 6.07) is 7.34. The fourth-order valence-electron chi connectivity index (χ4n) is 4.13. The van der Waals surface area contributed by atoms with Crippen LogP contribution in [0.2, 0.25) is 0 Å². The van der Waals surface area contributed by atoms with E-state index in [0.717, 1.165) is 51.3 Å². The van der Waals surface area contributed by atoms with E-state index in [9.17, 15) is 9.59 Å². The maximum absolute atomic E-state index is 12.8. The number of hydrogen-bond donors (Lipinski definition) is 2. The van der Waals surface area contributed by atoms with Crippen LogP contribution in [-0.4, -0.2) is 77.4 Å². The minimum atomic E-state index is -0.198. The molecule has 2 aliphatic heterocycles. The number of anilines is 2. The molecule has 0 spiro atoms. The van der Waals surface area contributed by atoms with Gasteiger partial charge in [-0.3, -0.25) is 14.2 Å². The molecule has 1 aliphatic carbocycles. The topological polar surface area (TPSA) is 111 Å². The summed E-state index contributed by atoms with van der Waals surface area (Å²) >= 11 is 1.34. The van der Waals surface area contributed by atoms with E-state index in [1.54, 1.807) is 18.2 Å². The fourth-order valence-corrected chi connectivity index (χ4v) is 4.88. The molecule has 3 fully saturated rings. The lowest BCUT2D eigenvalue weighted by molar-refractivity contribution is -0.113. The van der Waals surface area contributed by atoms with Crippen molar-refractivity contribution < 1.29 is 19.1 Å². The monoisotopic (exact) mass is 486 g/mol. The minimum Gasteiger partial charge on any atom is -0.378 e. The minimum absolute atomic E-state index is 0.126. The molecule has 10 nitrogen and oxygen atoms in total. The molecule has 0 radical (unpaired) electrons. The first kappa shape index (κ1) is 23.1. The molecule has 0 bridgehead atoms. The third-order valence-electron chi connectivity index (χ3n) is 6.09. The molecule has 182 valence electrons. The number of hydrogen-bond acceptors (Lipinski definition) is 8. The molecule has 1 atom stereocenters. The number of morpholine rings is 1. The number of carbonyl (C=O) groups is 2. The van der Waals surface area contributed by atoms with Crippen LogP contribution in [-0.2, 0) is 20.8 Å². The Balaban J connectivity index is 1.25. The molecule has 2 aromatic rings. The van der Waals surface area contributed by atoms with E-state index in [1.807, 2.05) is 6.07 Å². The molecule has 1 aromatic carbocycles. The molecule has 3 aliphatic rings. The van der Waals surface area contributed by atoms with Crippen LogP contribution in [0.15, 0.2) is 29.4 Å². The van der Waals surface area contributed by atoms with Crippen molar-refractivity contribution in [2.24, 2.45) is 0 Å². The molecule has 2 amide bonds. The first-order valence-corrected chi connectivity index (χ1v) is 12.9. The molecular formula is C23H30N6O4S. The van der Waals surface area contributed by atoms with Crippen molar-refractivity contribution in [3.8, 4) is 0 Å². The summed E-state index contributed by atoms with van der Waals surface area (Å²) in [6.45, 7) is 4.27. The molecule has 1 aromatic heterocycles. The SMILES string of the molecule is O=C(CSc1nnc(N2CCOCC2)n1CC1CCCO1)Nc1ccccc1C(=O)NC1CC1. The maximum Gasteiger partial charge on any atom is 0.253 e. The van der Waals surface area contributed by atoms with Crippen LogP contribution in [0.5, 0.6) is 0 Å². The summed E-state index contributed by atoms with van der Waals surface area (Å²) in [5, 5.41) is 15.4. The molecule has 1 saturated carbocycles. The van der Waals surface area contributed by atoms with Crippen LogP contribution >= 0.6 is 11.8 Å². The summed E-state index contributed by atoms with van der Waals surface area (Å²) in [7, 11) is 0. The van der Waals surface area contributed by atoms with E-state index >= 15 is 0 Å². The number of carbonyl (C=O) groups excluding carboxylic acids is 2. The van der Waals surface area contributed by atoms with Crippen LogP contribution < -0.4 is 15.5 Å². The average molecular weight is 487 g/mol. The van der Waals surface area contributed by atoms with Crippen LogP contribution in [0.4, 0.5) is 11.6 Å². The Morgan fingerprint density at radius 2 is 1.91 bits per heavy atom. The average Bonchev–Trinajstić information content (AvgIpc) is 3.35. The van der Waals surface area contributed by atoms with Crippen LogP contribution in [0.1, 0.15) is 36.0 Å². The van der Waals surface area contributed by atoms with Crippen LogP contribution in [0.25, 0.3) is 0 Å². The predicted molar refractivity (Wildman–Crippen MR) is 128 cm³/mol. The Morgan fingerprint density at radius 1 is 1.09 bits per heavy atom. The highest BCUT2D eigenvalue weighted by atomic mass is 32.2. The second-order valence-electron chi connectivity index (χ2n) is 8.76. The standard InChI is InChI=1S/C23H30N6O4S/c30-20(25-19-6-2-1-5-18(19)21(31)24-16-7-8-16)15-34-23-27-26-22(28-9-12-32-13-10-28)29(23)14-17-4-3-11-33-17/h1-2,5-6,16-17H,3-4,7-15H2,(H,24,31)(H,25,30). The molecule has 2 N–H and O–H groups in total. The highest BCUT2D eigenvalue weighted by molar-refractivity contribution is 7.99. The Kier molecular flexibility index (Phi) is 7.31. The van der Waals surface area contributed by atoms with Crippen molar-refractivity contribution in [3.05, 3.63) is 29.8 Å². The van der Waals surface area contributed by atoms with E-state index < -0.39 is 0 Å². The van der Waals surface area contributed by atoms with Gasteiger partial charge in [-0.1, -0.05) is 23.9 Å². The van der Waals surface area contributed by atoms with Gasteiger partial charge in [-0.05, 0) is 37.8 Å². The maximum atomic E-state index is 12.8. The Morgan fingerprint density at radius 3 is 2.68 bits per heavy atom. The van der Waals surface area contributed by atoms with Gasteiger partial charge in [0.05, 0.1) is 42.9 Å². The van der Waals surface area contributed by atoms with E-state index in [1.165, 1.54) is 11.8 Å². The van der Waals surface area contributed by atoms with Gasteiger partial charge in [0.1, 0.15) is 0 Å². The normalized spacial score (nSPS) is 20.4. The summed E-state index contributed by atoms with van der Waals surface area (Å²) < 4.78 is 13.4. The highest BCUT2D eigenvalue weighted by Gasteiger charge is 2.26. The van der Waals surface area contributed by atoms with Crippen molar-refractivity contribution >= 4 is 35.2 Å². The molecule has 11 heteroatoms. The van der Waals surface area contributed by atoms with Crippen molar-refractivity contribution in [3.63, 3.8) is 0 Å². The Bertz CT molecular complexity index is 1010. The second-order valence-corrected chi connectivity index (χ2v) is 9.70. The zero-order valence-electron chi connectivity index (χ0n) is 19.1. The van der Waals surface area contributed by atoms with Gasteiger partial charge >= 0.3 is 0 Å². The number of amides is 2. The molecule has 1 unspecified atom stereocenters. The molecular weight excluding hydrogens is 456 g/mol. The second kappa shape index (κ2) is 10.7. The van der Waals surface area contributed by atoms with E-state index in [0.29, 0.717) is 36.2 Å². The van der Waals surface area contributed by atoms with Crippen molar-refractivity contribution in [2.45, 2.75) is 49.5 Å². The third-order valence-corrected chi connectivity index (χ3v) is 7.06. The van der Waals surface area contributed by atoms with Crippen molar-refractivity contribution in [1.82, 2.24) is 20.1 Å². The zero-order valence-corrected chi connectivity index (χ0v) is 19.9. The predicted octanol–water partition coefficient (Wildman–Crippen LogP) is 1.92. The summed E-state index contributed by atoms with van der Waals surface area (Å²) in [5.41, 5.74) is 0.991. The molecule has 2 saturated heterocycles. The van der Waals surface area contributed by atoms with Crippen LogP contribution in [0.3, 0.4) is 0 Å². The van der Waals surface area contributed by atoms with Crippen molar-refractivity contribution in [2.75, 3.05) is 48.9 Å². The van der Waals surface area contributed by atoms with Crippen molar-refractivity contribution in [1.29, 1.82) is 0 Å². The van der Waals surface area contributed by atoms with Gasteiger partial charge in [-0.25, -0.2) is 0 Å². The quantitative estimate of drug-likeness (QED) is 0.518. The summed E-state index contributed by atoms with van der Waals surface area (Å²) in [5.74, 6) is 0.600. The third kappa shape index (κ3) is 5.70. The number of nitrogens with one attached hydrogen (secondary N) is 2. The van der Waals surface area contributed by atoms with Gasteiger partial charge in [0.25, 0.3) is 5.91 Å². The first-order chi connectivity index (χ1) is 16.7. The zero-order chi connectivity index (χ0) is 23.3. The van der Waals surface area contributed by atoms with Gasteiger partial charge in [0.2, 0.25) is 11.9 Å². The van der Waals surface area contributed by atoms with Gasteiger partial charge < -0.3 is 25.0 Å². The highest BCUT2D eigenvalue weighted by Crippen LogP contribution is 2.26. The summed E-state index contributed by atoms with van der Waals surface area (Å²) in [4.78, 5) is 27.5. The number of nitrogens with zero attached hydrogens (tertiary/aromatic N) is 4. The lowest BCUT2D eigenvalue weighted by Gasteiger charge is -2.28. The number of ether oxygens (including phenoxy) is 2. The summed E-state index contributed by atoms with van der Waals surface area (Å²) in [6.07, 6.45) is 4.20. The molecule has 5 rings (SSSR count). The molecule has 3 heterocycles. The lowest BCUT2D eigenvalue weighted by Crippen LogP contribution is -2.38.